The molecule has 6 nitrogen and oxygen atoms in total. The van der Waals surface area contributed by atoms with Crippen molar-refractivity contribution in [1.29, 1.82) is 5.26 Å². The first-order valence-electron chi connectivity index (χ1n) is 4.27. The van der Waals surface area contributed by atoms with Crippen LogP contribution >= 0.6 is 0 Å². The molecule has 1 saturated heterocycles. The fraction of sp³-hybridized carbons (Fsp3) is 0.875. The Labute approximate surface area is 81.0 Å². The van der Waals surface area contributed by atoms with Crippen molar-refractivity contribution in [2.45, 2.75) is 36.9 Å². The molecule has 0 bridgehead atoms. The molecule has 4 N–H and O–H groups in total. The van der Waals surface area contributed by atoms with E-state index in [0.717, 1.165) is 0 Å². The van der Waals surface area contributed by atoms with Crippen LogP contribution in [0.5, 0.6) is 0 Å². The van der Waals surface area contributed by atoms with Crippen molar-refractivity contribution < 1.29 is 25.2 Å². The smallest absolute Gasteiger partial charge is 0.218 e. The van der Waals surface area contributed by atoms with Crippen LogP contribution in [0.1, 0.15) is 12.8 Å². The molecule has 1 aliphatic heterocycles. The van der Waals surface area contributed by atoms with E-state index in [0.29, 0.717) is 0 Å². The standard InChI is InChI=1S/C8H13NO5/c9-2-1-5-3-6(11)7(12)8(13,4-10)14-5/h5-7,10-13H,1,3-4H2/t5-,6+,7+,8+/m1/s1. The first-order valence-corrected chi connectivity index (χ1v) is 4.27. The van der Waals surface area contributed by atoms with Crippen molar-refractivity contribution in [3.05, 3.63) is 0 Å². The quantitative estimate of drug-likeness (QED) is 0.416. The lowest BCUT2D eigenvalue weighted by Gasteiger charge is -2.41. The molecule has 0 spiro atoms. The van der Waals surface area contributed by atoms with Crippen LogP contribution in [-0.4, -0.2) is 51.1 Å². The Morgan fingerprint density at radius 2 is 2.14 bits per heavy atom. The maximum Gasteiger partial charge on any atom is 0.218 e. The van der Waals surface area contributed by atoms with Gasteiger partial charge in [0.15, 0.2) is 0 Å². The van der Waals surface area contributed by atoms with Crippen LogP contribution in [0.25, 0.3) is 0 Å². The predicted molar refractivity (Wildman–Crippen MR) is 43.8 cm³/mol. The summed E-state index contributed by atoms with van der Waals surface area (Å²) in [5.41, 5.74) is 0. The number of hydrogen-bond acceptors (Lipinski definition) is 6. The van der Waals surface area contributed by atoms with E-state index in [-0.39, 0.29) is 12.8 Å². The Hall–Kier alpha value is -0.710. The summed E-state index contributed by atoms with van der Waals surface area (Å²) >= 11 is 0. The predicted octanol–water partition coefficient (Wildman–Crippen LogP) is -1.91. The molecule has 0 aromatic carbocycles. The topological polar surface area (TPSA) is 114 Å². The third-order valence-electron chi connectivity index (χ3n) is 2.25. The van der Waals surface area contributed by atoms with Crippen LogP contribution in [0.2, 0.25) is 0 Å². The van der Waals surface area contributed by atoms with Crippen LogP contribution in [0, 0.1) is 11.3 Å². The van der Waals surface area contributed by atoms with Crippen LogP contribution in [0.4, 0.5) is 0 Å². The van der Waals surface area contributed by atoms with Gasteiger partial charge < -0.3 is 25.2 Å². The molecule has 0 radical (unpaired) electrons. The molecule has 0 saturated carbocycles. The Kier molecular flexibility index (Phi) is 3.42. The van der Waals surface area contributed by atoms with E-state index in [1.807, 2.05) is 6.07 Å². The third kappa shape index (κ3) is 2.03. The number of ether oxygens (including phenoxy) is 1. The minimum Gasteiger partial charge on any atom is -0.391 e. The van der Waals surface area contributed by atoms with Crippen molar-refractivity contribution in [3.8, 4) is 6.07 Å². The number of hydrogen-bond donors (Lipinski definition) is 4. The fourth-order valence-electron chi connectivity index (χ4n) is 1.46. The Morgan fingerprint density at radius 1 is 1.50 bits per heavy atom. The van der Waals surface area contributed by atoms with Crippen LogP contribution in [-0.2, 0) is 4.74 Å². The van der Waals surface area contributed by atoms with Gasteiger partial charge in [0.25, 0.3) is 0 Å². The molecule has 6 heteroatoms. The Morgan fingerprint density at radius 3 is 2.64 bits per heavy atom. The molecular formula is C8H13NO5. The van der Waals surface area contributed by atoms with E-state index in [1.54, 1.807) is 0 Å². The maximum absolute atomic E-state index is 9.52. The van der Waals surface area contributed by atoms with Gasteiger partial charge in [-0.05, 0) is 0 Å². The normalized spacial score (nSPS) is 43.2. The second-order valence-electron chi connectivity index (χ2n) is 3.35. The summed E-state index contributed by atoms with van der Waals surface area (Å²) in [6.45, 7) is -0.826. The van der Waals surface area contributed by atoms with Gasteiger partial charge in [0.1, 0.15) is 6.10 Å². The summed E-state index contributed by atoms with van der Waals surface area (Å²) in [5, 5.41) is 45.4. The molecule has 1 rings (SSSR count). The van der Waals surface area contributed by atoms with Gasteiger partial charge >= 0.3 is 0 Å². The number of aliphatic hydroxyl groups is 4. The van der Waals surface area contributed by atoms with E-state index in [4.69, 9.17) is 15.1 Å². The molecule has 1 aliphatic rings. The summed E-state index contributed by atoms with van der Waals surface area (Å²) in [4.78, 5) is 0. The van der Waals surface area contributed by atoms with E-state index in [2.05, 4.69) is 0 Å². The molecule has 0 amide bonds. The van der Waals surface area contributed by atoms with Crippen molar-refractivity contribution in [2.75, 3.05) is 6.61 Å². The van der Waals surface area contributed by atoms with E-state index < -0.39 is 30.7 Å². The van der Waals surface area contributed by atoms with E-state index in [9.17, 15) is 15.3 Å². The van der Waals surface area contributed by atoms with Crippen molar-refractivity contribution in [3.63, 3.8) is 0 Å². The molecule has 0 aromatic heterocycles. The molecule has 0 unspecified atom stereocenters. The van der Waals surface area contributed by atoms with Crippen LogP contribution in [0.15, 0.2) is 0 Å². The Balaban J connectivity index is 2.72. The molecular weight excluding hydrogens is 190 g/mol. The minimum absolute atomic E-state index is 0.00785. The Bertz CT molecular complexity index is 240. The number of rotatable bonds is 2. The lowest BCUT2D eigenvalue weighted by atomic mass is 9.94. The molecule has 0 aliphatic carbocycles. The van der Waals surface area contributed by atoms with Gasteiger partial charge in [0.05, 0.1) is 31.3 Å². The van der Waals surface area contributed by atoms with Crippen molar-refractivity contribution >= 4 is 0 Å². The lowest BCUT2D eigenvalue weighted by Crippen LogP contribution is -2.59. The summed E-state index contributed by atoms with van der Waals surface area (Å²) in [6.07, 6.45) is -3.36. The highest BCUT2D eigenvalue weighted by atomic mass is 16.7. The highest BCUT2D eigenvalue weighted by Gasteiger charge is 2.47. The second kappa shape index (κ2) is 4.21. The molecule has 1 fully saturated rings. The number of aliphatic hydroxyl groups excluding tert-OH is 3. The summed E-state index contributed by atoms with van der Waals surface area (Å²) in [5.74, 6) is -2.17. The highest BCUT2D eigenvalue weighted by Crippen LogP contribution is 2.28. The highest BCUT2D eigenvalue weighted by molar-refractivity contribution is 4.92. The average molecular weight is 203 g/mol. The van der Waals surface area contributed by atoms with E-state index in [1.165, 1.54) is 0 Å². The van der Waals surface area contributed by atoms with Crippen LogP contribution in [0.3, 0.4) is 0 Å². The maximum atomic E-state index is 9.52. The minimum atomic E-state index is -2.17. The monoisotopic (exact) mass is 203 g/mol. The number of nitrogens with zero attached hydrogens (tertiary/aromatic N) is 1. The van der Waals surface area contributed by atoms with Gasteiger partial charge in [-0.25, -0.2) is 0 Å². The van der Waals surface area contributed by atoms with Gasteiger partial charge in [-0.3, -0.25) is 0 Å². The third-order valence-corrected chi connectivity index (χ3v) is 2.25. The molecule has 80 valence electrons. The van der Waals surface area contributed by atoms with Gasteiger partial charge in [0.2, 0.25) is 5.79 Å². The summed E-state index contributed by atoms with van der Waals surface area (Å²) < 4.78 is 4.92. The average Bonchev–Trinajstić information content (AvgIpc) is 2.15. The van der Waals surface area contributed by atoms with Gasteiger partial charge in [-0.2, -0.15) is 5.26 Å². The second-order valence-corrected chi connectivity index (χ2v) is 3.35. The zero-order valence-electron chi connectivity index (χ0n) is 7.50. The van der Waals surface area contributed by atoms with Crippen molar-refractivity contribution in [2.24, 2.45) is 0 Å². The zero-order chi connectivity index (χ0) is 10.8. The van der Waals surface area contributed by atoms with Gasteiger partial charge in [0, 0.05) is 6.42 Å². The zero-order valence-corrected chi connectivity index (χ0v) is 7.50. The van der Waals surface area contributed by atoms with Crippen molar-refractivity contribution in [1.82, 2.24) is 0 Å². The van der Waals surface area contributed by atoms with E-state index >= 15 is 0 Å². The molecule has 1 heterocycles. The largest absolute Gasteiger partial charge is 0.391 e. The molecule has 4 atom stereocenters. The first kappa shape index (κ1) is 11.4. The molecule has 0 aromatic rings. The lowest BCUT2D eigenvalue weighted by molar-refractivity contribution is -0.331. The fourth-order valence-corrected chi connectivity index (χ4v) is 1.46. The molecule has 14 heavy (non-hydrogen) atoms. The summed E-state index contributed by atoms with van der Waals surface area (Å²) in [7, 11) is 0. The van der Waals surface area contributed by atoms with Gasteiger partial charge in [-0.1, -0.05) is 0 Å². The SMILES string of the molecule is N#CC[C@@H]1C[C@H](O)[C@H](O)[C@](O)(CO)O1. The van der Waals surface area contributed by atoms with Gasteiger partial charge in [-0.15, -0.1) is 0 Å². The number of nitriles is 1. The summed E-state index contributed by atoms with van der Waals surface area (Å²) in [6, 6.07) is 1.82. The van der Waals surface area contributed by atoms with Crippen LogP contribution < -0.4 is 0 Å². The first-order chi connectivity index (χ1) is 6.53.